The maximum atomic E-state index is 15.4. The molecule has 3 aromatic rings. The van der Waals surface area contributed by atoms with Crippen LogP contribution in [0.4, 0.5) is 10.1 Å². The van der Waals surface area contributed by atoms with Crippen molar-refractivity contribution in [3.05, 3.63) is 71.8 Å². The van der Waals surface area contributed by atoms with Crippen molar-refractivity contribution in [1.82, 2.24) is 19.7 Å². The van der Waals surface area contributed by atoms with Crippen molar-refractivity contribution < 1.29 is 9.18 Å². The molecule has 0 spiro atoms. The van der Waals surface area contributed by atoms with E-state index >= 15 is 4.39 Å². The number of benzene rings is 1. The number of aromatic nitrogens is 3. The van der Waals surface area contributed by atoms with Crippen molar-refractivity contribution >= 4 is 11.6 Å². The first-order valence-corrected chi connectivity index (χ1v) is 10.7. The van der Waals surface area contributed by atoms with E-state index in [0.717, 1.165) is 22.8 Å². The van der Waals surface area contributed by atoms with Crippen molar-refractivity contribution in [3.8, 4) is 5.69 Å². The normalized spacial score (nSPS) is 17.3. The zero-order valence-corrected chi connectivity index (χ0v) is 18.2. The number of halogens is 1. The molecular weight excluding hydrogens is 393 g/mol. The lowest BCUT2D eigenvalue weighted by Gasteiger charge is -2.38. The number of piperidine rings is 1. The number of hydrogen-bond donors (Lipinski definition) is 1. The number of rotatable bonds is 5. The first-order chi connectivity index (χ1) is 14.9. The van der Waals surface area contributed by atoms with Crippen LogP contribution in [-0.4, -0.2) is 44.7 Å². The van der Waals surface area contributed by atoms with Gasteiger partial charge in [0.05, 0.1) is 34.5 Å². The number of para-hydroxylation sites is 1. The van der Waals surface area contributed by atoms with Crippen LogP contribution in [0, 0.1) is 13.8 Å². The molecule has 1 aliphatic heterocycles. The number of hydrogen-bond acceptors (Lipinski definition) is 4. The van der Waals surface area contributed by atoms with Gasteiger partial charge in [-0.2, -0.15) is 5.10 Å². The highest BCUT2D eigenvalue weighted by Crippen LogP contribution is 2.36. The van der Waals surface area contributed by atoms with Gasteiger partial charge in [0.15, 0.2) is 5.67 Å². The Morgan fingerprint density at radius 2 is 1.77 bits per heavy atom. The van der Waals surface area contributed by atoms with Crippen LogP contribution in [-0.2, 0) is 10.5 Å². The van der Waals surface area contributed by atoms with Gasteiger partial charge in [-0.1, -0.05) is 24.3 Å². The van der Waals surface area contributed by atoms with Crippen LogP contribution < -0.4 is 5.32 Å². The summed E-state index contributed by atoms with van der Waals surface area (Å²) in [6.07, 6.45) is 2.27. The predicted molar refractivity (Wildman–Crippen MR) is 119 cm³/mol. The van der Waals surface area contributed by atoms with Crippen molar-refractivity contribution in [2.75, 3.05) is 18.4 Å². The Hall–Kier alpha value is -3.06. The topological polar surface area (TPSA) is 63.1 Å². The van der Waals surface area contributed by atoms with Gasteiger partial charge in [-0.25, -0.2) is 9.07 Å². The van der Waals surface area contributed by atoms with Crippen LogP contribution in [0.25, 0.3) is 5.69 Å². The summed E-state index contributed by atoms with van der Waals surface area (Å²) < 4.78 is 17.2. The zero-order valence-electron chi connectivity index (χ0n) is 18.2. The third kappa shape index (κ3) is 4.23. The summed E-state index contributed by atoms with van der Waals surface area (Å²) in [5.41, 5.74) is 2.36. The van der Waals surface area contributed by atoms with E-state index in [4.69, 9.17) is 0 Å². The fourth-order valence-electron chi connectivity index (χ4n) is 4.19. The average Bonchev–Trinajstić information content (AvgIpc) is 3.08. The third-order valence-corrected chi connectivity index (χ3v) is 6.18. The van der Waals surface area contributed by atoms with Gasteiger partial charge in [0.2, 0.25) is 5.91 Å². The van der Waals surface area contributed by atoms with E-state index in [1.54, 1.807) is 18.3 Å². The Labute approximate surface area is 182 Å². The Balaban J connectivity index is 1.43. The van der Waals surface area contributed by atoms with Crippen LogP contribution in [0.2, 0.25) is 0 Å². The van der Waals surface area contributed by atoms with Crippen molar-refractivity contribution in [3.63, 3.8) is 0 Å². The van der Waals surface area contributed by atoms with Crippen LogP contribution in [0.3, 0.4) is 0 Å². The van der Waals surface area contributed by atoms with Gasteiger partial charge in [-0.3, -0.25) is 14.7 Å². The molecule has 1 atom stereocenters. The van der Waals surface area contributed by atoms with Crippen LogP contribution in [0.15, 0.2) is 54.7 Å². The Bertz CT molecular complexity index is 1040. The first kappa shape index (κ1) is 21.2. The molecule has 4 rings (SSSR count). The molecule has 0 aliphatic carbocycles. The molecule has 1 fully saturated rings. The van der Waals surface area contributed by atoms with Crippen LogP contribution >= 0.6 is 0 Å². The summed E-state index contributed by atoms with van der Waals surface area (Å²) in [4.78, 5) is 19.2. The maximum Gasteiger partial charge on any atom is 0.241 e. The molecule has 1 aromatic carbocycles. The molecule has 3 heterocycles. The number of likely N-dealkylation sites (tertiary alicyclic amines) is 1. The molecule has 0 bridgehead atoms. The van der Waals surface area contributed by atoms with E-state index in [1.165, 1.54) is 0 Å². The van der Waals surface area contributed by atoms with E-state index in [1.807, 2.05) is 66.8 Å². The van der Waals surface area contributed by atoms with Gasteiger partial charge >= 0.3 is 0 Å². The predicted octanol–water partition coefficient (Wildman–Crippen LogP) is 4.17. The summed E-state index contributed by atoms with van der Waals surface area (Å²) in [6.45, 7) is 6.70. The van der Waals surface area contributed by atoms with Gasteiger partial charge in [0, 0.05) is 19.3 Å². The monoisotopic (exact) mass is 421 g/mol. The summed E-state index contributed by atoms with van der Waals surface area (Å²) in [5.74, 6) is -0.108. The van der Waals surface area contributed by atoms with Gasteiger partial charge in [-0.05, 0) is 57.9 Å². The van der Waals surface area contributed by atoms with Crippen molar-refractivity contribution in [1.29, 1.82) is 0 Å². The molecule has 6 nitrogen and oxygen atoms in total. The van der Waals surface area contributed by atoms with Crippen molar-refractivity contribution in [2.45, 2.75) is 45.3 Å². The highest BCUT2D eigenvalue weighted by molar-refractivity contribution is 5.95. The number of pyridine rings is 1. The third-order valence-electron chi connectivity index (χ3n) is 6.18. The summed E-state index contributed by atoms with van der Waals surface area (Å²) in [7, 11) is 0. The summed E-state index contributed by atoms with van der Waals surface area (Å²) in [5, 5.41) is 7.64. The number of anilines is 1. The van der Waals surface area contributed by atoms with Gasteiger partial charge in [0.25, 0.3) is 0 Å². The molecule has 1 N–H and O–H groups in total. The molecule has 1 saturated heterocycles. The second-order valence-electron chi connectivity index (χ2n) is 8.17. The zero-order chi connectivity index (χ0) is 22.0. The lowest BCUT2D eigenvalue weighted by Crippen LogP contribution is -2.49. The van der Waals surface area contributed by atoms with Gasteiger partial charge in [-0.15, -0.1) is 0 Å². The standard InChI is InChI=1S/C24H28FN5O/c1-17-22(18(2)30(28-17)20-9-5-4-6-10-20)27-23(31)19(3)29-15-12-24(25,13-16-29)21-11-7-8-14-26-21/h4-11,14,19H,12-13,15-16H2,1-3H3,(H,27,31)/t19-/m1/s1. The molecule has 2 aromatic heterocycles. The number of alkyl halides is 1. The molecule has 162 valence electrons. The second-order valence-corrected chi connectivity index (χ2v) is 8.17. The molecular formula is C24H28FN5O. The van der Waals surface area contributed by atoms with E-state index in [9.17, 15) is 4.79 Å². The van der Waals surface area contributed by atoms with E-state index in [2.05, 4.69) is 15.4 Å². The number of carbonyl (C=O) groups excluding carboxylic acids is 1. The number of amides is 1. The van der Waals surface area contributed by atoms with Crippen molar-refractivity contribution in [2.24, 2.45) is 0 Å². The minimum absolute atomic E-state index is 0.108. The highest BCUT2D eigenvalue weighted by Gasteiger charge is 2.39. The number of aryl methyl sites for hydroxylation is 1. The van der Waals surface area contributed by atoms with Crippen LogP contribution in [0.1, 0.15) is 36.8 Å². The Morgan fingerprint density at radius 1 is 1.10 bits per heavy atom. The quantitative estimate of drug-likeness (QED) is 0.672. The first-order valence-electron chi connectivity index (χ1n) is 10.7. The average molecular weight is 422 g/mol. The SMILES string of the molecule is Cc1nn(-c2ccccc2)c(C)c1NC(=O)[C@@H](C)N1CCC(F)(c2ccccn2)CC1. The maximum absolute atomic E-state index is 15.4. The fourth-order valence-corrected chi connectivity index (χ4v) is 4.19. The minimum Gasteiger partial charge on any atom is -0.322 e. The van der Waals surface area contributed by atoms with E-state index in [-0.39, 0.29) is 11.9 Å². The fraction of sp³-hybridized carbons (Fsp3) is 0.375. The molecule has 1 aliphatic rings. The summed E-state index contributed by atoms with van der Waals surface area (Å²) >= 11 is 0. The second kappa shape index (κ2) is 8.59. The van der Waals surface area contributed by atoms with Gasteiger partial charge in [0.1, 0.15) is 0 Å². The van der Waals surface area contributed by atoms with E-state index in [0.29, 0.717) is 31.6 Å². The largest absolute Gasteiger partial charge is 0.322 e. The number of carbonyl (C=O) groups is 1. The molecule has 1 amide bonds. The van der Waals surface area contributed by atoms with Crippen LogP contribution in [0.5, 0.6) is 0 Å². The van der Waals surface area contributed by atoms with E-state index < -0.39 is 5.67 Å². The molecule has 0 radical (unpaired) electrons. The smallest absolute Gasteiger partial charge is 0.241 e. The molecule has 0 saturated carbocycles. The highest BCUT2D eigenvalue weighted by atomic mass is 19.1. The number of nitrogens with one attached hydrogen (secondary N) is 1. The lowest BCUT2D eigenvalue weighted by molar-refractivity contribution is -0.122. The lowest BCUT2D eigenvalue weighted by atomic mass is 9.89. The molecule has 7 heteroatoms. The molecule has 0 unspecified atom stereocenters. The summed E-state index contributed by atoms with van der Waals surface area (Å²) in [6, 6.07) is 14.8. The minimum atomic E-state index is -1.43. The van der Waals surface area contributed by atoms with Gasteiger partial charge < -0.3 is 5.32 Å². The Kier molecular flexibility index (Phi) is 5.87. The Morgan fingerprint density at radius 3 is 2.42 bits per heavy atom. The molecule has 31 heavy (non-hydrogen) atoms. The number of nitrogens with zero attached hydrogens (tertiary/aromatic N) is 4.